The van der Waals surface area contributed by atoms with Crippen LogP contribution >= 0.6 is 0 Å². The molecule has 3 aliphatic heterocycles. The van der Waals surface area contributed by atoms with E-state index in [0.29, 0.717) is 50.2 Å². The van der Waals surface area contributed by atoms with Gasteiger partial charge in [-0.1, -0.05) is 48.5 Å². The summed E-state index contributed by atoms with van der Waals surface area (Å²) in [4.78, 5) is 52.6. The Morgan fingerprint density at radius 2 is 1.07 bits per heavy atom. The van der Waals surface area contributed by atoms with Crippen LogP contribution in [-0.4, -0.2) is 96.5 Å². The van der Waals surface area contributed by atoms with Gasteiger partial charge in [-0.2, -0.15) is 0 Å². The van der Waals surface area contributed by atoms with Crippen molar-refractivity contribution in [3.05, 3.63) is 101 Å². The number of amides is 1. The summed E-state index contributed by atoms with van der Waals surface area (Å²) < 4.78 is 6.19. The van der Waals surface area contributed by atoms with Crippen molar-refractivity contribution in [2.75, 3.05) is 52.4 Å². The zero-order chi connectivity index (χ0) is 38.7. The molecule has 0 spiro atoms. The largest absolute Gasteiger partial charge is 0.492 e. The lowest BCUT2D eigenvalue weighted by Gasteiger charge is -2.25. The molecule has 55 heavy (non-hydrogen) atoms. The minimum Gasteiger partial charge on any atom is -0.492 e. The van der Waals surface area contributed by atoms with E-state index >= 15 is 0 Å². The first kappa shape index (κ1) is 39.9. The van der Waals surface area contributed by atoms with Crippen LogP contribution in [0.1, 0.15) is 51.9 Å². The molecule has 6 unspecified atom stereocenters. The van der Waals surface area contributed by atoms with Gasteiger partial charge in [-0.3, -0.25) is 19.2 Å². The third-order valence-electron chi connectivity index (χ3n) is 11.7. The van der Waals surface area contributed by atoms with Crippen LogP contribution in [0.2, 0.25) is 0 Å². The van der Waals surface area contributed by atoms with Crippen LogP contribution in [0, 0.1) is 35.5 Å². The standard InChI is InChI=1S/C43H54N4O8/c48-40(32-8-2-5-29(19-32)22-38(42(51)52)34-11-14-45-25-34)47(27-31-7-1-4-28(18-31)21-37(41(49)50)33-10-13-44-24-33)16-17-55-36-9-3-6-30(20-36)23-39(43(53)54)35-12-15-46-26-35/h1-9,18-20,33-35,37-39,44-46H,10-17,21-27H2,(H,49,50)(H,51,52)(H,53,54). The SMILES string of the molecule is O=C(O)C(Cc1cccc(CN(CCOc2cccc(CC(C(=O)O)C3CCNC3)c2)C(=O)c2cccc(CC(C(=O)O)C3CCNC3)c2)c1)C1CCNC1. The summed E-state index contributed by atoms with van der Waals surface area (Å²) in [5, 5.41) is 39.8. The average Bonchev–Trinajstić information content (AvgIpc) is 4.00. The molecule has 0 aromatic heterocycles. The number of aliphatic carboxylic acids is 3. The van der Waals surface area contributed by atoms with E-state index < -0.39 is 35.7 Å². The van der Waals surface area contributed by atoms with Crippen LogP contribution in [0.5, 0.6) is 5.75 Å². The Balaban J connectivity index is 1.18. The summed E-state index contributed by atoms with van der Waals surface area (Å²) in [6.45, 7) is 5.14. The first-order valence-electron chi connectivity index (χ1n) is 19.6. The highest BCUT2D eigenvalue weighted by atomic mass is 16.5. The molecule has 0 aliphatic carbocycles. The van der Waals surface area contributed by atoms with Crippen LogP contribution in [0.15, 0.2) is 72.8 Å². The van der Waals surface area contributed by atoms with Crippen LogP contribution < -0.4 is 20.7 Å². The number of carbonyl (C=O) groups is 4. The third-order valence-corrected chi connectivity index (χ3v) is 11.7. The summed E-state index contributed by atoms with van der Waals surface area (Å²) in [5.74, 6) is -3.49. The third kappa shape index (κ3) is 10.9. The number of nitrogens with one attached hydrogen (secondary N) is 3. The molecule has 6 N–H and O–H groups in total. The molecule has 6 atom stereocenters. The summed E-state index contributed by atoms with van der Waals surface area (Å²) in [7, 11) is 0. The number of hydrogen-bond acceptors (Lipinski definition) is 8. The summed E-state index contributed by atoms with van der Waals surface area (Å²) >= 11 is 0. The lowest BCUT2D eigenvalue weighted by atomic mass is 9.86. The molecule has 3 aliphatic rings. The molecule has 12 nitrogen and oxygen atoms in total. The molecule has 0 radical (unpaired) electrons. The molecular weight excluding hydrogens is 700 g/mol. The Morgan fingerprint density at radius 1 is 0.618 bits per heavy atom. The van der Waals surface area contributed by atoms with E-state index in [1.54, 1.807) is 23.1 Å². The van der Waals surface area contributed by atoms with Crippen molar-refractivity contribution in [2.45, 2.75) is 45.1 Å². The quantitative estimate of drug-likeness (QED) is 0.104. The molecule has 294 valence electrons. The molecule has 3 aromatic carbocycles. The molecular formula is C43H54N4O8. The molecule has 0 saturated carbocycles. The van der Waals surface area contributed by atoms with Gasteiger partial charge < -0.3 is 40.9 Å². The smallest absolute Gasteiger partial charge is 0.307 e. The lowest BCUT2D eigenvalue weighted by Crippen LogP contribution is -2.34. The van der Waals surface area contributed by atoms with E-state index in [2.05, 4.69) is 16.0 Å². The molecule has 6 rings (SSSR count). The lowest BCUT2D eigenvalue weighted by molar-refractivity contribution is -0.144. The van der Waals surface area contributed by atoms with Gasteiger partial charge >= 0.3 is 17.9 Å². The highest BCUT2D eigenvalue weighted by Gasteiger charge is 2.33. The molecule has 1 amide bonds. The van der Waals surface area contributed by atoms with Crippen molar-refractivity contribution >= 4 is 23.8 Å². The first-order valence-corrected chi connectivity index (χ1v) is 19.6. The number of benzene rings is 3. The predicted octanol–water partition coefficient (Wildman–Crippen LogP) is 3.97. The number of carboxylic acid groups (broad SMARTS) is 3. The van der Waals surface area contributed by atoms with Crippen LogP contribution in [-0.2, 0) is 40.2 Å². The fourth-order valence-electron chi connectivity index (χ4n) is 8.57. The van der Waals surface area contributed by atoms with Crippen LogP contribution in [0.3, 0.4) is 0 Å². The van der Waals surface area contributed by atoms with Gasteiger partial charge in [0.25, 0.3) is 5.91 Å². The number of rotatable bonds is 19. The van der Waals surface area contributed by atoms with Gasteiger partial charge in [0.05, 0.1) is 24.3 Å². The number of nitrogens with zero attached hydrogens (tertiary/aromatic N) is 1. The fraction of sp³-hybridized carbons (Fsp3) is 0.488. The van der Waals surface area contributed by atoms with E-state index in [9.17, 15) is 34.5 Å². The molecule has 3 aromatic rings. The minimum atomic E-state index is -0.837. The second-order valence-electron chi connectivity index (χ2n) is 15.4. The molecule has 3 heterocycles. The number of carbonyl (C=O) groups excluding carboxylic acids is 1. The Morgan fingerprint density at radius 3 is 1.56 bits per heavy atom. The first-order chi connectivity index (χ1) is 26.6. The van der Waals surface area contributed by atoms with E-state index in [1.807, 2.05) is 54.6 Å². The topological polar surface area (TPSA) is 178 Å². The van der Waals surface area contributed by atoms with Gasteiger partial charge in [0.1, 0.15) is 12.4 Å². The van der Waals surface area contributed by atoms with Gasteiger partial charge in [-0.15, -0.1) is 0 Å². The number of carboxylic acids is 3. The Labute approximate surface area is 322 Å². The highest BCUT2D eigenvalue weighted by molar-refractivity contribution is 5.94. The van der Waals surface area contributed by atoms with Gasteiger partial charge in [0.2, 0.25) is 0 Å². The summed E-state index contributed by atoms with van der Waals surface area (Å²) in [5.41, 5.74) is 3.87. The Hall–Kier alpha value is -4.78. The molecule has 3 fully saturated rings. The van der Waals surface area contributed by atoms with Crippen molar-refractivity contribution in [1.82, 2.24) is 20.9 Å². The van der Waals surface area contributed by atoms with Crippen LogP contribution in [0.25, 0.3) is 0 Å². The molecule has 12 heteroatoms. The van der Waals surface area contributed by atoms with E-state index in [0.717, 1.165) is 61.2 Å². The van der Waals surface area contributed by atoms with Gasteiger partial charge in [-0.25, -0.2) is 0 Å². The van der Waals surface area contributed by atoms with Crippen molar-refractivity contribution in [3.63, 3.8) is 0 Å². The molecule has 3 saturated heterocycles. The second kappa shape index (κ2) is 19.2. The van der Waals surface area contributed by atoms with Gasteiger partial charge in [-0.05, 0) is 142 Å². The zero-order valence-corrected chi connectivity index (χ0v) is 31.3. The number of ether oxygens (including phenoxy) is 1. The predicted molar refractivity (Wildman–Crippen MR) is 207 cm³/mol. The highest BCUT2D eigenvalue weighted by Crippen LogP contribution is 2.28. The average molecular weight is 755 g/mol. The van der Waals surface area contributed by atoms with Crippen LogP contribution in [0.4, 0.5) is 0 Å². The normalized spacial score (nSPS) is 21.1. The molecule has 0 bridgehead atoms. The fourth-order valence-corrected chi connectivity index (χ4v) is 8.57. The van der Waals surface area contributed by atoms with E-state index in [1.165, 1.54) is 0 Å². The maximum absolute atomic E-state index is 14.3. The van der Waals surface area contributed by atoms with Crippen molar-refractivity contribution < 1.29 is 39.2 Å². The van der Waals surface area contributed by atoms with Gasteiger partial charge in [0, 0.05) is 12.1 Å². The maximum atomic E-state index is 14.3. The Kier molecular flexibility index (Phi) is 13.9. The summed E-state index contributed by atoms with van der Waals surface area (Å²) in [6, 6.07) is 22.4. The number of hydrogen-bond donors (Lipinski definition) is 6. The van der Waals surface area contributed by atoms with Gasteiger partial charge in [0.15, 0.2) is 0 Å². The summed E-state index contributed by atoms with van der Waals surface area (Å²) in [6.07, 6.45) is 3.57. The second-order valence-corrected chi connectivity index (χ2v) is 15.4. The minimum absolute atomic E-state index is 0.0247. The Bertz CT molecular complexity index is 1780. The van der Waals surface area contributed by atoms with E-state index in [-0.39, 0.29) is 43.4 Å². The van der Waals surface area contributed by atoms with E-state index in [4.69, 9.17) is 4.74 Å². The van der Waals surface area contributed by atoms with Crippen molar-refractivity contribution in [2.24, 2.45) is 35.5 Å². The zero-order valence-electron chi connectivity index (χ0n) is 31.3. The van der Waals surface area contributed by atoms with Crippen molar-refractivity contribution in [1.29, 1.82) is 0 Å². The van der Waals surface area contributed by atoms with Crippen molar-refractivity contribution in [3.8, 4) is 5.75 Å². The monoisotopic (exact) mass is 754 g/mol. The maximum Gasteiger partial charge on any atom is 0.307 e.